The van der Waals surface area contributed by atoms with Gasteiger partial charge in [-0.1, -0.05) is 11.6 Å². The summed E-state index contributed by atoms with van der Waals surface area (Å²) in [5.41, 5.74) is 2.02. The first-order chi connectivity index (χ1) is 11.4. The van der Waals surface area contributed by atoms with Gasteiger partial charge in [-0.25, -0.2) is 0 Å². The van der Waals surface area contributed by atoms with Crippen LogP contribution in [0.1, 0.15) is 13.8 Å². The summed E-state index contributed by atoms with van der Waals surface area (Å²) in [6.45, 7) is 8.85. The predicted molar refractivity (Wildman–Crippen MR) is 99.3 cm³/mol. The number of morpholine rings is 1. The molecule has 132 valence electrons. The third-order valence-electron chi connectivity index (χ3n) is 4.35. The minimum atomic E-state index is -0.132. The van der Waals surface area contributed by atoms with E-state index in [1.54, 1.807) is 7.11 Å². The molecule has 0 atom stereocenters. The molecule has 0 unspecified atom stereocenters. The van der Waals surface area contributed by atoms with Crippen molar-refractivity contribution in [1.29, 1.82) is 0 Å². The van der Waals surface area contributed by atoms with Crippen LogP contribution in [-0.2, 0) is 22.7 Å². The van der Waals surface area contributed by atoms with E-state index in [0.29, 0.717) is 6.61 Å². The summed E-state index contributed by atoms with van der Waals surface area (Å²) < 4.78 is 16.1. The van der Waals surface area contributed by atoms with Crippen molar-refractivity contribution in [3.63, 3.8) is 0 Å². The Morgan fingerprint density at radius 3 is 2.79 bits per heavy atom. The van der Waals surface area contributed by atoms with Crippen LogP contribution in [0.3, 0.4) is 0 Å². The molecule has 1 aromatic carbocycles. The molecule has 0 saturated carbocycles. The Bertz CT molecular complexity index is 784. The van der Waals surface area contributed by atoms with Gasteiger partial charge in [0.2, 0.25) is 0 Å². The summed E-state index contributed by atoms with van der Waals surface area (Å²) >= 11 is 12.0. The second-order valence-corrected chi connectivity index (χ2v) is 7.59. The number of aromatic nitrogens is 2. The number of ether oxygens (including phenoxy) is 2. The molecule has 3 rings (SSSR count). The van der Waals surface area contributed by atoms with E-state index >= 15 is 0 Å². The van der Waals surface area contributed by atoms with Crippen molar-refractivity contribution in [2.75, 3.05) is 33.4 Å². The van der Waals surface area contributed by atoms with Crippen molar-refractivity contribution in [3.05, 3.63) is 28.0 Å². The Hall–Kier alpha value is -0.920. The SMILES string of the molecule is COCCn1c(=S)n(CN2CCOC(C)(C)C2)c2cc(Cl)ccc21. The Balaban J connectivity index is 1.98. The molecule has 7 heteroatoms. The van der Waals surface area contributed by atoms with Crippen LogP contribution in [-0.4, -0.2) is 53.0 Å². The van der Waals surface area contributed by atoms with E-state index in [-0.39, 0.29) is 5.60 Å². The van der Waals surface area contributed by atoms with Crippen molar-refractivity contribution in [1.82, 2.24) is 14.0 Å². The van der Waals surface area contributed by atoms with E-state index in [1.165, 1.54) is 0 Å². The van der Waals surface area contributed by atoms with Crippen LogP contribution in [0, 0.1) is 4.77 Å². The summed E-state index contributed by atoms with van der Waals surface area (Å²) in [5, 5.41) is 0.720. The lowest BCUT2D eigenvalue weighted by Crippen LogP contribution is -2.48. The standard InChI is InChI=1S/C17H24ClN3O2S/c1-17(2)11-19(6-9-23-17)12-21-15-10-13(18)4-5-14(15)20(16(21)24)7-8-22-3/h4-5,10H,6-9,11-12H2,1-3H3. The zero-order chi connectivity index (χ0) is 17.3. The largest absolute Gasteiger partial charge is 0.383 e. The molecule has 1 fully saturated rings. The molecule has 0 spiro atoms. The zero-order valence-corrected chi connectivity index (χ0v) is 16.0. The molecule has 0 aliphatic carbocycles. The fraction of sp³-hybridized carbons (Fsp3) is 0.588. The average molecular weight is 370 g/mol. The quantitative estimate of drug-likeness (QED) is 0.754. The Morgan fingerprint density at radius 2 is 2.08 bits per heavy atom. The Kier molecular flexibility index (Phi) is 5.32. The van der Waals surface area contributed by atoms with Crippen LogP contribution < -0.4 is 0 Å². The molecule has 1 aromatic heterocycles. The van der Waals surface area contributed by atoms with Crippen LogP contribution in [0.4, 0.5) is 0 Å². The van der Waals surface area contributed by atoms with E-state index in [4.69, 9.17) is 33.3 Å². The number of hydrogen-bond donors (Lipinski definition) is 0. The molecule has 0 amide bonds. The second-order valence-electron chi connectivity index (χ2n) is 6.79. The summed E-state index contributed by atoms with van der Waals surface area (Å²) in [4.78, 5) is 2.38. The van der Waals surface area contributed by atoms with E-state index in [2.05, 4.69) is 27.9 Å². The number of benzene rings is 1. The van der Waals surface area contributed by atoms with Gasteiger partial charge in [-0.2, -0.15) is 0 Å². The molecular weight excluding hydrogens is 346 g/mol. The molecule has 1 aliphatic rings. The normalized spacial score (nSPS) is 18.3. The maximum absolute atomic E-state index is 6.23. The van der Waals surface area contributed by atoms with E-state index < -0.39 is 0 Å². The molecule has 2 aromatic rings. The average Bonchev–Trinajstić information content (AvgIpc) is 2.76. The molecule has 0 radical (unpaired) electrons. The maximum atomic E-state index is 6.23. The lowest BCUT2D eigenvalue weighted by atomic mass is 10.1. The highest BCUT2D eigenvalue weighted by Crippen LogP contribution is 2.24. The van der Waals surface area contributed by atoms with Crippen LogP contribution in [0.25, 0.3) is 11.0 Å². The van der Waals surface area contributed by atoms with Crippen molar-refractivity contribution in [3.8, 4) is 0 Å². The van der Waals surface area contributed by atoms with E-state index in [1.807, 2.05) is 18.2 Å². The monoisotopic (exact) mass is 369 g/mol. The number of rotatable bonds is 5. The van der Waals surface area contributed by atoms with Gasteiger partial charge in [0, 0.05) is 31.8 Å². The second kappa shape index (κ2) is 7.14. The number of imidazole rings is 1. The highest BCUT2D eigenvalue weighted by Gasteiger charge is 2.27. The number of nitrogens with zero attached hydrogens (tertiary/aromatic N) is 3. The fourth-order valence-electron chi connectivity index (χ4n) is 3.26. The van der Waals surface area contributed by atoms with E-state index in [9.17, 15) is 0 Å². The van der Waals surface area contributed by atoms with Crippen molar-refractivity contribution < 1.29 is 9.47 Å². The molecule has 2 heterocycles. The summed E-state index contributed by atoms with van der Waals surface area (Å²) in [6, 6.07) is 5.93. The maximum Gasteiger partial charge on any atom is 0.181 e. The van der Waals surface area contributed by atoms with Crippen molar-refractivity contribution in [2.45, 2.75) is 32.7 Å². The smallest absolute Gasteiger partial charge is 0.181 e. The fourth-order valence-corrected chi connectivity index (χ4v) is 3.78. The number of methoxy groups -OCH3 is 1. The summed E-state index contributed by atoms with van der Waals surface area (Å²) in [5.74, 6) is 0. The highest BCUT2D eigenvalue weighted by molar-refractivity contribution is 7.71. The van der Waals surface area contributed by atoms with Crippen LogP contribution >= 0.6 is 23.8 Å². The van der Waals surface area contributed by atoms with Gasteiger partial charge in [-0.05, 0) is 44.3 Å². The summed E-state index contributed by atoms with van der Waals surface area (Å²) in [6.07, 6.45) is 0. The Labute approximate surface area is 152 Å². The van der Waals surface area contributed by atoms with E-state index in [0.717, 1.165) is 53.7 Å². The van der Waals surface area contributed by atoms with Gasteiger partial charge in [0.05, 0.1) is 36.5 Å². The number of fused-ring (bicyclic) bond motifs is 1. The number of halogens is 1. The summed E-state index contributed by atoms with van der Waals surface area (Å²) in [7, 11) is 1.70. The van der Waals surface area contributed by atoms with Gasteiger partial charge in [-0.15, -0.1) is 0 Å². The van der Waals surface area contributed by atoms with Crippen LogP contribution in [0.15, 0.2) is 18.2 Å². The molecule has 24 heavy (non-hydrogen) atoms. The van der Waals surface area contributed by atoms with Crippen molar-refractivity contribution in [2.24, 2.45) is 0 Å². The first kappa shape index (κ1) is 17.9. The molecule has 0 N–H and O–H groups in total. The van der Waals surface area contributed by atoms with Gasteiger partial charge < -0.3 is 18.6 Å². The third-order valence-corrected chi connectivity index (χ3v) is 5.02. The number of hydrogen-bond acceptors (Lipinski definition) is 4. The Morgan fingerprint density at radius 1 is 1.29 bits per heavy atom. The molecule has 1 saturated heterocycles. The van der Waals surface area contributed by atoms with Gasteiger partial charge in [0.25, 0.3) is 0 Å². The van der Waals surface area contributed by atoms with Gasteiger partial charge in [-0.3, -0.25) is 4.90 Å². The lowest BCUT2D eigenvalue weighted by Gasteiger charge is -2.38. The van der Waals surface area contributed by atoms with Crippen molar-refractivity contribution >= 4 is 34.9 Å². The first-order valence-corrected chi connectivity index (χ1v) is 8.94. The zero-order valence-electron chi connectivity index (χ0n) is 14.4. The molecule has 1 aliphatic heterocycles. The molecular formula is C17H24ClN3O2S. The topological polar surface area (TPSA) is 31.6 Å². The third kappa shape index (κ3) is 3.68. The first-order valence-electron chi connectivity index (χ1n) is 8.15. The van der Waals surface area contributed by atoms with Gasteiger partial charge in [0.1, 0.15) is 0 Å². The lowest BCUT2D eigenvalue weighted by molar-refractivity contribution is -0.0934. The minimum absolute atomic E-state index is 0.132. The highest BCUT2D eigenvalue weighted by atomic mass is 35.5. The van der Waals surface area contributed by atoms with Crippen LogP contribution in [0.2, 0.25) is 5.02 Å². The van der Waals surface area contributed by atoms with Crippen LogP contribution in [0.5, 0.6) is 0 Å². The minimum Gasteiger partial charge on any atom is -0.383 e. The van der Waals surface area contributed by atoms with Gasteiger partial charge in [0.15, 0.2) is 4.77 Å². The van der Waals surface area contributed by atoms with Gasteiger partial charge >= 0.3 is 0 Å². The molecule has 0 bridgehead atoms. The molecule has 5 nitrogen and oxygen atoms in total. The predicted octanol–water partition coefficient (Wildman–Crippen LogP) is 3.54.